The maximum Gasteiger partial charge on any atom is 0.274 e. The van der Waals surface area contributed by atoms with Crippen molar-refractivity contribution in [1.29, 1.82) is 0 Å². The standard InChI is InChI=1S/C25H26Cl2N6O2S2.C5H7Cl/c1-17(32-37(28,34)35)15-29-25(31-36-22-13-11-21(27)12-14-22)33-16-23(18-5-3-2-4-6-18)24(30-33)19-7-9-20(26)10-8-19;1-3-5(6)4-2/h2-14,17,23,32H,15-16H2,1H3,(H,29,31)(H2,28,34,35);3-4H,1H2,2H3/b;5-4+. The van der Waals surface area contributed by atoms with E-state index in [2.05, 4.69) is 33.1 Å². The molecule has 4 N–H and O–H groups in total. The van der Waals surface area contributed by atoms with Crippen molar-refractivity contribution in [3.63, 3.8) is 0 Å². The van der Waals surface area contributed by atoms with Crippen molar-refractivity contribution in [2.24, 2.45) is 15.2 Å². The largest absolute Gasteiger partial charge is 0.295 e. The third kappa shape index (κ3) is 11.6. The molecule has 0 spiro atoms. The maximum atomic E-state index is 11.5. The summed E-state index contributed by atoms with van der Waals surface area (Å²) >= 11 is 18.9. The van der Waals surface area contributed by atoms with Gasteiger partial charge in [0, 0.05) is 31.9 Å². The Bertz CT molecular complexity index is 1550. The van der Waals surface area contributed by atoms with Gasteiger partial charge in [-0.15, -0.1) is 0 Å². The van der Waals surface area contributed by atoms with Gasteiger partial charge in [-0.2, -0.15) is 18.2 Å². The van der Waals surface area contributed by atoms with E-state index in [1.54, 1.807) is 36.2 Å². The highest BCUT2D eigenvalue weighted by atomic mass is 35.5. The lowest BCUT2D eigenvalue weighted by Gasteiger charge is -2.20. The van der Waals surface area contributed by atoms with E-state index in [4.69, 9.17) is 45.0 Å². The van der Waals surface area contributed by atoms with Gasteiger partial charge in [0.1, 0.15) is 0 Å². The van der Waals surface area contributed by atoms with Crippen molar-refractivity contribution in [3.05, 3.63) is 124 Å². The van der Waals surface area contributed by atoms with Crippen LogP contribution in [0.25, 0.3) is 0 Å². The summed E-state index contributed by atoms with van der Waals surface area (Å²) in [5, 5.41) is 13.9. The molecule has 3 aromatic carbocycles. The first-order valence-electron chi connectivity index (χ1n) is 13.1. The Morgan fingerprint density at radius 1 is 1.12 bits per heavy atom. The number of guanidine groups is 1. The first-order chi connectivity index (χ1) is 20.5. The van der Waals surface area contributed by atoms with Crippen LogP contribution in [-0.2, 0) is 10.2 Å². The molecule has 13 heteroatoms. The van der Waals surface area contributed by atoms with Crippen LogP contribution in [0.3, 0.4) is 0 Å². The monoisotopic (exact) mass is 678 g/mol. The molecule has 43 heavy (non-hydrogen) atoms. The Morgan fingerprint density at radius 2 is 1.72 bits per heavy atom. The number of aliphatic imine (C=N–C) groups is 1. The van der Waals surface area contributed by atoms with Gasteiger partial charge in [-0.3, -0.25) is 4.72 Å². The molecule has 1 heterocycles. The molecule has 0 saturated carbocycles. The third-order valence-corrected chi connectivity index (χ3v) is 8.33. The molecule has 3 aromatic rings. The number of hydrogen-bond donors (Lipinski definition) is 3. The number of hydrazone groups is 1. The number of hydrogen-bond acceptors (Lipinski definition) is 5. The molecule has 1 aliphatic heterocycles. The summed E-state index contributed by atoms with van der Waals surface area (Å²) in [5.41, 5.74) is 2.95. The third-order valence-electron chi connectivity index (χ3n) is 5.93. The Kier molecular flexibility index (Phi) is 13.6. The van der Waals surface area contributed by atoms with E-state index in [1.807, 2.05) is 61.5 Å². The summed E-state index contributed by atoms with van der Waals surface area (Å²) in [6.45, 7) is 7.67. The summed E-state index contributed by atoms with van der Waals surface area (Å²) in [5.74, 6) is 0.461. The van der Waals surface area contributed by atoms with Gasteiger partial charge in [0.25, 0.3) is 10.2 Å². The van der Waals surface area contributed by atoms with Crippen LogP contribution in [0.5, 0.6) is 0 Å². The second kappa shape index (κ2) is 16.9. The van der Waals surface area contributed by atoms with Gasteiger partial charge in [0.15, 0.2) is 0 Å². The molecule has 0 amide bonds. The van der Waals surface area contributed by atoms with Gasteiger partial charge < -0.3 is 0 Å². The number of halogens is 3. The summed E-state index contributed by atoms with van der Waals surface area (Å²) in [6.07, 6.45) is 3.39. The van der Waals surface area contributed by atoms with E-state index in [0.717, 1.165) is 21.7 Å². The lowest BCUT2D eigenvalue weighted by molar-refractivity contribution is 0.462. The second-order valence-electron chi connectivity index (χ2n) is 9.30. The van der Waals surface area contributed by atoms with Crippen LogP contribution < -0.4 is 14.6 Å². The van der Waals surface area contributed by atoms with E-state index in [9.17, 15) is 8.42 Å². The summed E-state index contributed by atoms with van der Waals surface area (Å²) < 4.78 is 28.5. The fourth-order valence-corrected chi connectivity index (χ4v) is 5.43. The zero-order chi connectivity index (χ0) is 31.4. The zero-order valence-electron chi connectivity index (χ0n) is 23.6. The Hall–Kier alpha value is -2.83. The zero-order valence-corrected chi connectivity index (χ0v) is 27.5. The summed E-state index contributed by atoms with van der Waals surface area (Å²) in [7, 11) is -3.85. The SMILES string of the molecule is C=C/C(Cl)=C\C.CC(CN=C(NSc1ccc(Cl)cc1)N1CC(c2ccccc2)C(c2ccc(Cl)cc2)=N1)NS(N)(=O)=O. The molecule has 0 radical (unpaired) electrons. The van der Waals surface area contributed by atoms with Crippen molar-refractivity contribution in [3.8, 4) is 0 Å². The highest BCUT2D eigenvalue weighted by Gasteiger charge is 2.31. The molecule has 2 atom stereocenters. The highest BCUT2D eigenvalue weighted by Crippen LogP contribution is 2.30. The molecule has 8 nitrogen and oxygen atoms in total. The quantitative estimate of drug-likeness (QED) is 0.0982. The minimum atomic E-state index is -3.85. The second-order valence-corrected chi connectivity index (χ2v) is 12.8. The molecular weight excluding hydrogens is 647 g/mol. The van der Waals surface area contributed by atoms with Gasteiger partial charge in [-0.25, -0.2) is 15.1 Å². The van der Waals surface area contributed by atoms with E-state index in [-0.39, 0.29) is 12.5 Å². The van der Waals surface area contributed by atoms with Crippen LogP contribution >= 0.6 is 46.8 Å². The van der Waals surface area contributed by atoms with Crippen molar-refractivity contribution >= 4 is 68.6 Å². The molecule has 0 bridgehead atoms. The highest BCUT2D eigenvalue weighted by molar-refractivity contribution is 7.98. The average Bonchev–Trinajstić information content (AvgIpc) is 3.43. The van der Waals surface area contributed by atoms with Crippen LogP contribution in [-0.4, -0.2) is 44.2 Å². The number of nitrogens with one attached hydrogen (secondary N) is 2. The van der Waals surface area contributed by atoms with E-state index < -0.39 is 16.3 Å². The molecule has 1 aliphatic rings. The van der Waals surface area contributed by atoms with Crippen molar-refractivity contribution in [1.82, 2.24) is 14.5 Å². The minimum Gasteiger partial charge on any atom is -0.295 e. The number of nitrogens with zero attached hydrogens (tertiary/aromatic N) is 3. The topological polar surface area (TPSA) is 112 Å². The fourth-order valence-electron chi connectivity index (χ4n) is 3.89. The molecule has 2 unspecified atom stereocenters. The van der Waals surface area contributed by atoms with Crippen LogP contribution in [0.2, 0.25) is 10.0 Å². The Morgan fingerprint density at radius 3 is 2.26 bits per heavy atom. The van der Waals surface area contributed by atoms with Gasteiger partial charge in [-0.05, 0) is 73.3 Å². The maximum absolute atomic E-state index is 11.5. The van der Waals surface area contributed by atoms with Gasteiger partial charge >= 0.3 is 0 Å². The molecule has 0 aliphatic carbocycles. The number of allylic oxidation sites excluding steroid dienone is 3. The van der Waals surface area contributed by atoms with E-state index >= 15 is 0 Å². The number of nitrogens with two attached hydrogens (primary N) is 1. The smallest absolute Gasteiger partial charge is 0.274 e. The van der Waals surface area contributed by atoms with E-state index in [1.165, 1.54) is 11.9 Å². The van der Waals surface area contributed by atoms with Crippen LogP contribution in [0.4, 0.5) is 0 Å². The minimum absolute atomic E-state index is 0.0186. The normalized spacial score (nSPS) is 16.2. The van der Waals surface area contributed by atoms with Crippen molar-refractivity contribution in [2.45, 2.75) is 30.7 Å². The molecule has 4 rings (SSSR count). The molecule has 0 fully saturated rings. The molecular formula is C30H33Cl3N6O2S2. The average molecular weight is 680 g/mol. The van der Waals surface area contributed by atoms with E-state index in [0.29, 0.717) is 27.6 Å². The van der Waals surface area contributed by atoms with Crippen molar-refractivity contribution < 1.29 is 8.42 Å². The summed E-state index contributed by atoms with van der Waals surface area (Å²) in [6, 6.07) is 24.6. The lowest BCUT2D eigenvalue weighted by atomic mass is 9.91. The lowest BCUT2D eigenvalue weighted by Crippen LogP contribution is -2.40. The first-order valence-corrected chi connectivity index (χ1v) is 16.6. The molecule has 0 aromatic heterocycles. The summed E-state index contributed by atoms with van der Waals surface area (Å²) in [4.78, 5) is 5.59. The fraction of sp³-hybridized carbons (Fsp3) is 0.200. The predicted molar refractivity (Wildman–Crippen MR) is 182 cm³/mol. The van der Waals surface area contributed by atoms with Gasteiger partial charge in [-0.1, -0.05) is 96.0 Å². The van der Waals surface area contributed by atoms with Crippen LogP contribution in [0.1, 0.15) is 30.9 Å². The van der Waals surface area contributed by atoms with Crippen LogP contribution in [0.15, 0.2) is 118 Å². The van der Waals surface area contributed by atoms with Gasteiger partial charge in [0.2, 0.25) is 5.96 Å². The van der Waals surface area contributed by atoms with Crippen molar-refractivity contribution in [2.75, 3.05) is 13.1 Å². The molecule has 228 valence electrons. The predicted octanol–water partition coefficient (Wildman–Crippen LogP) is 6.95. The number of rotatable bonds is 9. The Labute approximate surface area is 273 Å². The molecule has 0 saturated heterocycles. The first kappa shape index (κ1) is 34.7. The Balaban J connectivity index is 0.000000765. The van der Waals surface area contributed by atoms with Crippen LogP contribution in [0, 0.1) is 0 Å². The number of benzene rings is 3. The van der Waals surface area contributed by atoms with Gasteiger partial charge in [0.05, 0.1) is 18.8 Å².